The van der Waals surface area contributed by atoms with Gasteiger partial charge in [-0.05, 0) is 18.9 Å². The van der Waals surface area contributed by atoms with E-state index in [9.17, 15) is 23.3 Å². The topological polar surface area (TPSA) is 97.6 Å². The monoisotopic (exact) mass is 332 g/mol. The van der Waals surface area contributed by atoms with Crippen LogP contribution in [0.5, 0.6) is 0 Å². The number of amides is 1. The van der Waals surface area contributed by atoms with E-state index in [1.807, 2.05) is 0 Å². The van der Waals surface area contributed by atoms with Crippen molar-refractivity contribution in [3.8, 4) is 0 Å². The van der Waals surface area contributed by atoms with Crippen LogP contribution in [0, 0.1) is 10.1 Å². The van der Waals surface area contributed by atoms with Gasteiger partial charge in [0.1, 0.15) is 4.90 Å². The molecule has 1 aliphatic heterocycles. The number of hydrogen-bond acceptors (Lipinski definition) is 5. The molecule has 1 aliphatic rings. The largest absolute Gasteiger partial charge is 0.270 e. The van der Waals surface area contributed by atoms with Crippen molar-refractivity contribution in [2.45, 2.75) is 24.2 Å². The van der Waals surface area contributed by atoms with Crippen molar-refractivity contribution in [1.82, 2.24) is 4.31 Å². The number of non-ortho nitro benzene ring substituents is 1. The highest BCUT2D eigenvalue weighted by Crippen LogP contribution is 2.32. The van der Waals surface area contributed by atoms with Crippen molar-refractivity contribution in [2.75, 3.05) is 12.4 Å². The van der Waals surface area contributed by atoms with E-state index in [1.54, 1.807) is 0 Å². The number of nitrogens with zero attached hydrogens (tertiary/aromatic N) is 2. The molecule has 1 aromatic carbocycles. The van der Waals surface area contributed by atoms with Gasteiger partial charge >= 0.3 is 0 Å². The summed E-state index contributed by atoms with van der Waals surface area (Å²) in [6.07, 6.45) is 1.95. The Bertz CT molecular complexity index is 689. The Morgan fingerprint density at radius 3 is 2.57 bits per heavy atom. The summed E-state index contributed by atoms with van der Waals surface area (Å²) in [6.45, 7) is 0.0561. The zero-order chi connectivity index (χ0) is 15.6. The fourth-order valence-electron chi connectivity index (χ4n) is 2.13. The van der Waals surface area contributed by atoms with Gasteiger partial charge in [0.25, 0.3) is 21.6 Å². The summed E-state index contributed by atoms with van der Waals surface area (Å²) >= 11 is 5.54. The number of nitro benzene ring substituents is 1. The predicted octanol–water partition coefficient (Wildman–Crippen LogP) is 2.15. The zero-order valence-electron chi connectivity index (χ0n) is 11.0. The molecule has 0 N–H and O–H groups in total. The average molecular weight is 333 g/mol. The molecule has 0 aliphatic carbocycles. The molecule has 114 valence electrons. The average Bonchev–Trinajstić information content (AvgIpc) is 2.63. The molecule has 1 aromatic rings. The van der Waals surface area contributed by atoms with E-state index < -0.39 is 20.9 Å². The van der Waals surface area contributed by atoms with Crippen molar-refractivity contribution >= 4 is 33.2 Å². The lowest BCUT2D eigenvalue weighted by molar-refractivity contribution is -0.384. The van der Waals surface area contributed by atoms with Crippen LogP contribution >= 0.6 is 11.6 Å². The molecule has 1 heterocycles. The molecule has 0 saturated heterocycles. The summed E-state index contributed by atoms with van der Waals surface area (Å²) < 4.78 is 25.3. The fourth-order valence-corrected chi connectivity index (χ4v) is 3.91. The molecule has 9 heteroatoms. The number of unbranched alkanes of at least 4 members (excludes halogenated alkanes) is 2. The number of sulfonamides is 1. The van der Waals surface area contributed by atoms with Gasteiger partial charge in [-0.25, -0.2) is 12.7 Å². The van der Waals surface area contributed by atoms with Crippen molar-refractivity contribution in [3.05, 3.63) is 33.9 Å². The number of carbonyl (C=O) groups is 1. The van der Waals surface area contributed by atoms with Crippen molar-refractivity contribution in [3.63, 3.8) is 0 Å². The quantitative estimate of drug-likeness (QED) is 0.344. The summed E-state index contributed by atoms with van der Waals surface area (Å²) in [7, 11) is -3.90. The molecule has 0 saturated carbocycles. The van der Waals surface area contributed by atoms with Crippen LogP contribution < -0.4 is 0 Å². The van der Waals surface area contributed by atoms with Crippen LogP contribution in [0.2, 0.25) is 0 Å². The van der Waals surface area contributed by atoms with Gasteiger partial charge in [-0.2, -0.15) is 0 Å². The first-order chi connectivity index (χ1) is 9.89. The molecular formula is C12H13ClN2O5S. The first kappa shape index (κ1) is 15.7. The first-order valence-corrected chi connectivity index (χ1v) is 8.28. The molecule has 0 aromatic heterocycles. The maximum Gasteiger partial charge on any atom is 0.270 e. The molecular weight excluding hydrogens is 320 g/mol. The van der Waals surface area contributed by atoms with Gasteiger partial charge in [-0.3, -0.25) is 14.9 Å². The van der Waals surface area contributed by atoms with Crippen LogP contribution in [0.15, 0.2) is 23.1 Å². The molecule has 0 radical (unpaired) electrons. The molecule has 2 rings (SSSR count). The van der Waals surface area contributed by atoms with Crippen molar-refractivity contribution in [1.29, 1.82) is 0 Å². The van der Waals surface area contributed by atoms with Crippen LogP contribution in [-0.4, -0.2) is 36.0 Å². The molecule has 7 nitrogen and oxygen atoms in total. The van der Waals surface area contributed by atoms with E-state index in [4.69, 9.17) is 11.6 Å². The maximum atomic E-state index is 12.2. The van der Waals surface area contributed by atoms with Gasteiger partial charge in [0.15, 0.2) is 0 Å². The third kappa shape index (κ3) is 2.86. The van der Waals surface area contributed by atoms with Gasteiger partial charge in [0.05, 0.1) is 10.5 Å². The molecule has 0 unspecified atom stereocenters. The van der Waals surface area contributed by atoms with Gasteiger partial charge in [0.2, 0.25) is 0 Å². The summed E-state index contributed by atoms with van der Waals surface area (Å²) in [5.74, 6) is -0.229. The Kier molecular flexibility index (Phi) is 4.48. The Hall–Kier alpha value is -1.67. The Morgan fingerprint density at radius 2 is 1.95 bits per heavy atom. The Balaban J connectivity index is 2.29. The maximum absolute atomic E-state index is 12.2. The number of halogens is 1. The SMILES string of the molecule is O=C1c2cc([N+](=O)[O-])ccc2S(=O)(=O)N1CCCCCCl. The number of carbonyl (C=O) groups excluding carboxylic acids is 1. The fraction of sp³-hybridized carbons (Fsp3) is 0.417. The van der Waals surface area contributed by atoms with Crippen LogP contribution in [0.4, 0.5) is 5.69 Å². The molecule has 1 amide bonds. The first-order valence-electron chi connectivity index (χ1n) is 6.31. The zero-order valence-corrected chi connectivity index (χ0v) is 12.6. The highest BCUT2D eigenvalue weighted by Gasteiger charge is 2.41. The molecule has 21 heavy (non-hydrogen) atoms. The van der Waals surface area contributed by atoms with E-state index in [0.29, 0.717) is 18.7 Å². The normalized spacial score (nSPS) is 16.0. The van der Waals surface area contributed by atoms with Gasteiger partial charge in [0, 0.05) is 24.6 Å². The highest BCUT2D eigenvalue weighted by atomic mass is 35.5. The number of hydrogen-bond donors (Lipinski definition) is 0. The number of fused-ring (bicyclic) bond motifs is 1. The summed E-state index contributed by atoms with van der Waals surface area (Å²) in [6, 6.07) is 3.20. The second kappa shape index (κ2) is 5.98. The third-order valence-corrected chi connectivity index (χ3v) is 5.30. The Morgan fingerprint density at radius 1 is 1.24 bits per heavy atom. The summed E-state index contributed by atoms with van der Waals surface area (Å²) in [5, 5.41) is 10.7. The third-order valence-electron chi connectivity index (χ3n) is 3.19. The lowest BCUT2D eigenvalue weighted by atomic mass is 10.2. The second-order valence-corrected chi connectivity index (χ2v) is 6.78. The second-order valence-electron chi connectivity index (χ2n) is 4.57. The van der Waals surface area contributed by atoms with Crippen molar-refractivity contribution < 1.29 is 18.1 Å². The standard InChI is InChI=1S/C12H13ClN2O5S/c13-6-2-1-3-7-14-12(16)10-8-9(15(17)18)4-5-11(10)21(14,19)20/h4-5,8H,1-3,6-7H2. The number of rotatable bonds is 6. The minimum absolute atomic E-state index is 0.0561. The lowest BCUT2D eigenvalue weighted by Gasteiger charge is -2.14. The van der Waals surface area contributed by atoms with E-state index in [-0.39, 0.29) is 22.7 Å². The number of benzene rings is 1. The Labute approximate surface area is 126 Å². The summed E-state index contributed by atoms with van der Waals surface area (Å²) in [4.78, 5) is 22.0. The van der Waals surface area contributed by atoms with E-state index in [2.05, 4.69) is 0 Å². The van der Waals surface area contributed by atoms with Crippen LogP contribution in [0.25, 0.3) is 0 Å². The molecule has 0 atom stereocenters. The van der Waals surface area contributed by atoms with Gasteiger partial charge < -0.3 is 0 Å². The van der Waals surface area contributed by atoms with Crippen LogP contribution in [0.3, 0.4) is 0 Å². The predicted molar refractivity (Wildman–Crippen MR) is 75.9 cm³/mol. The van der Waals surface area contributed by atoms with E-state index >= 15 is 0 Å². The van der Waals surface area contributed by atoms with E-state index in [1.165, 1.54) is 0 Å². The van der Waals surface area contributed by atoms with Crippen molar-refractivity contribution in [2.24, 2.45) is 0 Å². The minimum atomic E-state index is -3.90. The van der Waals surface area contributed by atoms with Crippen LogP contribution in [0.1, 0.15) is 29.6 Å². The smallest absolute Gasteiger partial charge is 0.268 e. The molecule has 0 spiro atoms. The number of nitro groups is 1. The molecule has 0 fully saturated rings. The number of alkyl halides is 1. The lowest BCUT2D eigenvalue weighted by Crippen LogP contribution is -2.31. The van der Waals surface area contributed by atoms with Gasteiger partial charge in [-0.15, -0.1) is 11.6 Å². The molecule has 0 bridgehead atoms. The summed E-state index contributed by atoms with van der Waals surface area (Å²) in [5.41, 5.74) is -0.442. The van der Waals surface area contributed by atoms with Crippen LogP contribution in [-0.2, 0) is 10.0 Å². The minimum Gasteiger partial charge on any atom is -0.268 e. The van der Waals surface area contributed by atoms with E-state index in [0.717, 1.165) is 28.9 Å². The highest BCUT2D eigenvalue weighted by molar-refractivity contribution is 7.90. The van der Waals surface area contributed by atoms with Gasteiger partial charge in [-0.1, -0.05) is 6.42 Å².